The molecule has 1 fully saturated rings. The molecule has 0 saturated carbocycles. The number of benzene rings is 1. The van der Waals surface area contributed by atoms with Crippen LogP contribution in [0.5, 0.6) is 0 Å². The van der Waals surface area contributed by atoms with E-state index in [4.69, 9.17) is 0 Å². The molecule has 1 aliphatic rings. The molecule has 0 bridgehead atoms. The lowest BCUT2D eigenvalue weighted by Gasteiger charge is -2.13. The van der Waals surface area contributed by atoms with Crippen LogP contribution in [0.4, 0.5) is 10.5 Å². The van der Waals surface area contributed by atoms with Gasteiger partial charge in [0.05, 0.1) is 0 Å². The number of rotatable bonds is 2. The van der Waals surface area contributed by atoms with E-state index in [0.717, 1.165) is 5.56 Å². The molecule has 18 heavy (non-hydrogen) atoms. The second-order valence-electron chi connectivity index (χ2n) is 3.90. The van der Waals surface area contributed by atoms with Gasteiger partial charge in [-0.1, -0.05) is 18.2 Å². The summed E-state index contributed by atoms with van der Waals surface area (Å²) in [7, 11) is 0. The molecule has 0 aliphatic carbocycles. The molecule has 1 saturated heterocycles. The Morgan fingerprint density at radius 1 is 1.22 bits per heavy atom. The Morgan fingerprint density at radius 2 is 1.83 bits per heavy atom. The van der Waals surface area contributed by atoms with Crippen LogP contribution >= 0.6 is 0 Å². The van der Waals surface area contributed by atoms with E-state index in [2.05, 4.69) is 10.2 Å². The van der Waals surface area contributed by atoms with Crippen molar-refractivity contribution < 1.29 is 19.2 Å². The molecule has 0 radical (unpaired) electrons. The first-order valence-corrected chi connectivity index (χ1v) is 5.48. The molecule has 6 nitrogen and oxygen atoms in total. The molecule has 0 atom stereocenters. The molecule has 1 aromatic carbocycles. The van der Waals surface area contributed by atoms with Crippen molar-refractivity contribution in [2.45, 2.75) is 19.8 Å². The molecule has 0 spiro atoms. The van der Waals surface area contributed by atoms with Crippen LogP contribution in [-0.2, 0) is 14.4 Å². The molecule has 94 valence electrons. The van der Waals surface area contributed by atoms with E-state index in [-0.39, 0.29) is 12.8 Å². The van der Waals surface area contributed by atoms with E-state index >= 15 is 0 Å². The first kappa shape index (κ1) is 12.1. The second kappa shape index (κ2) is 4.87. The van der Waals surface area contributed by atoms with Crippen molar-refractivity contribution in [1.82, 2.24) is 5.06 Å². The minimum Gasteiger partial charge on any atom is -0.311 e. The zero-order valence-corrected chi connectivity index (χ0v) is 9.80. The van der Waals surface area contributed by atoms with Gasteiger partial charge in [-0.25, -0.2) is 4.79 Å². The fourth-order valence-electron chi connectivity index (χ4n) is 1.59. The minimum atomic E-state index is -0.854. The molecule has 0 aromatic heterocycles. The van der Waals surface area contributed by atoms with E-state index in [1.54, 1.807) is 12.1 Å². The largest absolute Gasteiger partial charge is 0.436 e. The van der Waals surface area contributed by atoms with Gasteiger partial charge in [0.2, 0.25) is 0 Å². The Bertz CT molecular complexity index is 497. The third-order valence-corrected chi connectivity index (χ3v) is 2.56. The molecular formula is C12H12N2O4. The van der Waals surface area contributed by atoms with E-state index in [1.165, 1.54) is 0 Å². The number of aryl methyl sites for hydroxylation is 1. The van der Waals surface area contributed by atoms with Crippen LogP contribution in [0.3, 0.4) is 0 Å². The van der Waals surface area contributed by atoms with Crippen LogP contribution in [0, 0.1) is 6.92 Å². The number of para-hydroxylation sites is 1. The van der Waals surface area contributed by atoms with Crippen molar-refractivity contribution >= 4 is 23.6 Å². The number of carbonyl (C=O) groups excluding carboxylic acids is 3. The van der Waals surface area contributed by atoms with Crippen LogP contribution in [-0.4, -0.2) is 23.0 Å². The molecule has 6 heteroatoms. The van der Waals surface area contributed by atoms with Crippen molar-refractivity contribution in [1.29, 1.82) is 0 Å². The summed E-state index contributed by atoms with van der Waals surface area (Å²) in [5.41, 5.74) is 1.43. The summed E-state index contributed by atoms with van der Waals surface area (Å²) in [5, 5.41) is 2.98. The number of hydrogen-bond donors (Lipinski definition) is 1. The number of amides is 3. The van der Waals surface area contributed by atoms with Gasteiger partial charge in [0.1, 0.15) is 0 Å². The number of hydroxylamine groups is 2. The molecule has 1 aromatic rings. The Kier molecular flexibility index (Phi) is 3.27. The number of nitrogens with one attached hydrogen (secondary N) is 1. The minimum absolute atomic E-state index is 0.0798. The predicted molar refractivity (Wildman–Crippen MR) is 62.4 cm³/mol. The van der Waals surface area contributed by atoms with Crippen molar-refractivity contribution in [2.75, 3.05) is 5.32 Å². The van der Waals surface area contributed by atoms with Crippen molar-refractivity contribution in [3.05, 3.63) is 29.8 Å². The smallest absolute Gasteiger partial charge is 0.311 e. The number of nitrogens with zero attached hydrogens (tertiary/aromatic N) is 1. The number of hydrogen-bond acceptors (Lipinski definition) is 4. The Balaban J connectivity index is 1.99. The topological polar surface area (TPSA) is 75.7 Å². The van der Waals surface area contributed by atoms with Gasteiger partial charge < -0.3 is 4.84 Å². The van der Waals surface area contributed by atoms with E-state index < -0.39 is 17.9 Å². The van der Waals surface area contributed by atoms with Crippen LogP contribution in [0.25, 0.3) is 0 Å². The fraction of sp³-hybridized carbons (Fsp3) is 0.250. The average Bonchev–Trinajstić information content (AvgIpc) is 2.64. The SMILES string of the molecule is Cc1ccccc1NC(=O)ON1C(=O)CCC1=O. The van der Waals surface area contributed by atoms with Gasteiger partial charge >= 0.3 is 6.09 Å². The Labute approximate surface area is 103 Å². The van der Waals surface area contributed by atoms with Crippen LogP contribution in [0.15, 0.2) is 24.3 Å². The molecule has 1 heterocycles. The third-order valence-electron chi connectivity index (χ3n) is 2.56. The Morgan fingerprint density at radius 3 is 2.44 bits per heavy atom. The van der Waals surface area contributed by atoms with Crippen LogP contribution < -0.4 is 5.32 Å². The highest BCUT2D eigenvalue weighted by molar-refractivity contribution is 6.02. The quantitative estimate of drug-likeness (QED) is 0.807. The van der Waals surface area contributed by atoms with E-state index in [9.17, 15) is 14.4 Å². The summed E-state index contributed by atoms with van der Waals surface area (Å²) in [4.78, 5) is 38.7. The van der Waals surface area contributed by atoms with Gasteiger partial charge in [-0.3, -0.25) is 14.9 Å². The molecule has 1 N–H and O–H groups in total. The normalized spacial score (nSPS) is 14.8. The molecule has 0 unspecified atom stereocenters. The summed E-state index contributed by atoms with van der Waals surface area (Å²) in [6.45, 7) is 1.82. The highest BCUT2D eigenvalue weighted by Crippen LogP contribution is 2.16. The molecule has 1 aliphatic heterocycles. The first-order chi connectivity index (χ1) is 8.58. The number of carbonyl (C=O) groups is 3. The van der Waals surface area contributed by atoms with Crippen molar-refractivity contribution in [3.63, 3.8) is 0 Å². The highest BCUT2D eigenvalue weighted by atomic mass is 16.7. The first-order valence-electron chi connectivity index (χ1n) is 5.48. The fourth-order valence-corrected chi connectivity index (χ4v) is 1.59. The zero-order chi connectivity index (χ0) is 13.1. The summed E-state index contributed by atoms with van der Waals surface area (Å²) in [6, 6.07) is 7.11. The van der Waals surface area contributed by atoms with Crippen LogP contribution in [0.1, 0.15) is 18.4 Å². The second-order valence-corrected chi connectivity index (χ2v) is 3.90. The maximum absolute atomic E-state index is 11.5. The lowest BCUT2D eigenvalue weighted by atomic mass is 10.2. The monoisotopic (exact) mass is 248 g/mol. The summed E-state index contributed by atoms with van der Waals surface area (Å²) >= 11 is 0. The van der Waals surface area contributed by atoms with Gasteiger partial charge in [0.15, 0.2) is 0 Å². The zero-order valence-electron chi connectivity index (χ0n) is 9.80. The highest BCUT2D eigenvalue weighted by Gasteiger charge is 2.32. The summed E-state index contributed by atoms with van der Waals surface area (Å²) in [6.07, 6.45) is -0.694. The summed E-state index contributed by atoms with van der Waals surface area (Å²) in [5.74, 6) is -1.00. The number of anilines is 1. The molecule has 3 amide bonds. The average molecular weight is 248 g/mol. The van der Waals surface area contributed by atoms with Gasteiger partial charge in [-0.05, 0) is 18.6 Å². The third kappa shape index (κ3) is 2.48. The molecular weight excluding hydrogens is 236 g/mol. The van der Waals surface area contributed by atoms with Gasteiger partial charge in [0.25, 0.3) is 11.8 Å². The predicted octanol–water partition coefficient (Wildman–Crippen LogP) is 1.61. The number of imide groups is 1. The molecule has 2 rings (SSSR count). The maximum atomic E-state index is 11.5. The van der Waals surface area contributed by atoms with Gasteiger partial charge in [0, 0.05) is 18.5 Å². The van der Waals surface area contributed by atoms with E-state index in [0.29, 0.717) is 10.8 Å². The van der Waals surface area contributed by atoms with E-state index in [1.807, 2.05) is 19.1 Å². The van der Waals surface area contributed by atoms with Gasteiger partial charge in [-0.2, -0.15) is 0 Å². The Hall–Kier alpha value is -2.37. The van der Waals surface area contributed by atoms with Crippen molar-refractivity contribution in [3.8, 4) is 0 Å². The van der Waals surface area contributed by atoms with Gasteiger partial charge in [-0.15, -0.1) is 5.06 Å². The standard InChI is InChI=1S/C12H12N2O4/c1-8-4-2-3-5-9(8)13-12(17)18-14-10(15)6-7-11(14)16/h2-5H,6-7H2,1H3,(H,13,17). The lowest BCUT2D eigenvalue weighted by Crippen LogP contribution is -2.34. The van der Waals surface area contributed by atoms with Crippen LogP contribution in [0.2, 0.25) is 0 Å². The van der Waals surface area contributed by atoms with Crippen molar-refractivity contribution in [2.24, 2.45) is 0 Å². The summed E-state index contributed by atoms with van der Waals surface area (Å²) < 4.78 is 0. The lowest BCUT2D eigenvalue weighted by molar-refractivity contribution is -0.170. The maximum Gasteiger partial charge on any atom is 0.436 e.